The van der Waals surface area contributed by atoms with E-state index in [1.807, 2.05) is 31.2 Å². The number of ether oxygens (including phenoxy) is 1. The molecule has 28 heavy (non-hydrogen) atoms. The molecule has 2 aromatic carbocycles. The maximum absolute atomic E-state index is 12.3. The van der Waals surface area contributed by atoms with E-state index in [-0.39, 0.29) is 11.7 Å². The number of aryl methyl sites for hydroxylation is 1. The van der Waals surface area contributed by atoms with Crippen molar-refractivity contribution in [3.63, 3.8) is 0 Å². The van der Waals surface area contributed by atoms with E-state index in [1.165, 1.54) is 4.68 Å². The smallest absolute Gasteiger partial charge is 0.365 e. The quantitative estimate of drug-likeness (QED) is 0.223. The zero-order valence-corrected chi connectivity index (χ0v) is 16.7. The zero-order chi connectivity index (χ0) is 19.9. The van der Waals surface area contributed by atoms with Crippen LogP contribution in [0.3, 0.4) is 0 Å². The number of hydrogen-bond donors (Lipinski definition) is 1. The van der Waals surface area contributed by atoms with Gasteiger partial charge in [-0.25, -0.2) is 4.79 Å². The minimum Gasteiger partial charge on any atom is -0.461 e. The average molecular weight is 417 g/mol. The number of hydrogen-bond acceptors (Lipinski definition) is 8. The molecule has 0 saturated heterocycles. The fraction of sp³-hybridized carbons (Fsp3) is 0.167. The van der Waals surface area contributed by atoms with Crippen molar-refractivity contribution in [3.8, 4) is 5.69 Å². The Morgan fingerprint density at radius 3 is 2.71 bits per heavy atom. The Hall–Kier alpha value is -2.91. The number of carbonyl (C=O) groups is 1. The van der Waals surface area contributed by atoms with Gasteiger partial charge in [0.25, 0.3) is 0 Å². The van der Waals surface area contributed by atoms with E-state index >= 15 is 0 Å². The second-order valence-electron chi connectivity index (χ2n) is 5.54. The number of nitrogens with one attached hydrogen (secondary N) is 1. The van der Waals surface area contributed by atoms with E-state index in [9.17, 15) is 4.79 Å². The minimum atomic E-state index is -0.592. The highest BCUT2D eigenvalue weighted by molar-refractivity contribution is 8.15. The third-order valence-electron chi connectivity index (χ3n) is 3.51. The first-order chi connectivity index (χ1) is 13.6. The molecule has 8 nitrogen and oxygen atoms in total. The van der Waals surface area contributed by atoms with Crippen LogP contribution in [0, 0.1) is 6.92 Å². The van der Waals surface area contributed by atoms with Gasteiger partial charge in [-0.05, 0) is 60.3 Å². The molecule has 0 amide bonds. The van der Waals surface area contributed by atoms with Crippen molar-refractivity contribution in [2.24, 2.45) is 5.10 Å². The normalized spacial score (nSPS) is 11.3. The van der Waals surface area contributed by atoms with Crippen LogP contribution in [0.1, 0.15) is 12.5 Å². The van der Waals surface area contributed by atoms with E-state index in [4.69, 9.17) is 16.3 Å². The predicted octanol–water partition coefficient (Wildman–Crippen LogP) is 3.70. The van der Waals surface area contributed by atoms with Crippen molar-refractivity contribution in [1.29, 1.82) is 0 Å². The van der Waals surface area contributed by atoms with Crippen LogP contribution in [-0.2, 0) is 9.53 Å². The topological polar surface area (TPSA) is 94.3 Å². The summed E-state index contributed by atoms with van der Waals surface area (Å²) in [7, 11) is 0. The van der Waals surface area contributed by atoms with Gasteiger partial charge in [-0.15, -0.1) is 5.10 Å². The Balaban J connectivity index is 1.87. The number of nitrogens with zero attached hydrogens (tertiary/aromatic N) is 5. The summed E-state index contributed by atoms with van der Waals surface area (Å²) < 4.78 is 6.61. The van der Waals surface area contributed by atoms with Gasteiger partial charge in [-0.1, -0.05) is 41.4 Å². The maximum atomic E-state index is 12.3. The first kappa shape index (κ1) is 19.8. The van der Waals surface area contributed by atoms with Gasteiger partial charge in [0.2, 0.25) is 10.2 Å². The summed E-state index contributed by atoms with van der Waals surface area (Å²) in [6.45, 7) is 3.93. The lowest BCUT2D eigenvalue weighted by atomic mass is 10.2. The molecule has 0 atom stereocenters. The molecule has 10 heteroatoms. The third-order valence-corrected chi connectivity index (χ3v) is 4.73. The molecule has 0 bridgehead atoms. The maximum Gasteiger partial charge on any atom is 0.365 e. The number of thioether (sulfide) groups is 1. The number of para-hydroxylation sites is 1. The summed E-state index contributed by atoms with van der Waals surface area (Å²) in [4.78, 5) is 12.3. The predicted molar refractivity (Wildman–Crippen MR) is 109 cm³/mol. The lowest BCUT2D eigenvalue weighted by Crippen LogP contribution is -2.17. The fourth-order valence-electron chi connectivity index (χ4n) is 2.14. The van der Waals surface area contributed by atoms with Gasteiger partial charge in [-0.2, -0.15) is 9.78 Å². The third kappa shape index (κ3) is 4.87. The van der Waals surface area contributed by atoms with E-state index in [2.05, 4.69) is 26.1 Å². The van der Waals surface area contributed by atoms with Crippen molar-refractivity contribution in [2.45, 2.75) is 19.0 Å². The molecule has 0 aliphatic carbocycles. The van der Waals surface area contributed by atoms with E-state index < -0.39 is 5.97 Å². The molecule has 0 fully saturated rings. The van der Waals surface area contributed by atoms with Crippen molar-refractivity contribution >= 4 is 40.1 Å². The molecule has 0 saturated carbocycles. The number of hydrazone groups is 1. The Labute approximate surface area is 170 Å². The van der Waals surface area contributed by atoms with Gasteiger partial charge < -0.3 is 4.74 Å². The number of tetrazole rings is 1. The summed E-state index contributed by atoms with van der Waals surface area (Å²) in [6, 6.07) is 14.7. The summed E-state index contributed by atoms with van der Waals surface area (Å²) in [5.74, 6) is -0.592. The average Bonchev–Trinajstić information content (AvgIpc) is 3.15. The molecule has 0 radical (unpaired) electrons. The first-order valence-corrected chi connectivity index (χ1v) is 9.56. The monoisotopic (exact) mass is 416 g/mol. The van der Waals surface area contributed by atoms with Gasteiger partial charge in [0.15, 0.2) is 0 Å². The number of benzene rings is 2. The molecule has 0 spiro atoms. The lowest BCUT2D eigenvalue weighted by Gasteiger charge is -2.08. The molecule has 1 N–H and O–H groups in total. The molecule has 0 aliphatic rings. The van der Waals surface area contributed by atoms with E-state index in [0.717, 1.165) is 23.0 Å². The first-order valence-electron chi connectivity index (χ1n) is 8.37. The van der Waals surface area contributed by atoms with Crippen LogP contribution < -0.4 is 5.43 Å². The molecular weight excluding hydrogens is 400 g/mol. The van der Waals surface area contributed by atoms with Crippen LogP contribution in [0.15, 0.2) is 58.8 Å². The van der Waals surface area contributed by atoms with E-state index in [1.54, 1.807) is 31.2 Å². The van der Waals surface area contributed by atoms with Crippen LogP contribution in [0.2, 0.25) is 5.02 Å². The van der Waals surface area contributed by atoms with Gasteiger partial charge in [0.05, 0.1) is 23.0 Å². The van der Waals surface area contributed by atoms with Gasteiger partial charge >= 0.3 is 5.97 Å². The summed E-state index contributed by atoms with van der Waals surface area (Å²) in [5, 5.41) is 16.7. The Bertz CT molecular complexity index is 990. The highest BCUT2D eigenvalue weighted by Crippen LogP contribution is 2.23. The fourth-order valence-corrected chi connectivity index (χ4v) is 3.03. The number of halogens is 1. The van der Waals surface area contributed by atoms with Crippen LogP contribution in [0.25, 0.3) is 5.69 Å². The van der Waals surface area contributed by atoms with Crippen molar-refractivity contribution in [1.82, 2.24) is 20.2 Å². The zero-order valence-electron chi connectivity index (χ0n) is 15.2. The molecule has 3 aromatic rings. The van der Waals surface area contributed by atoms with Gasteiger partial charge in [0.1, 0.15) is 0 Å². The highest BCUT2D eigenvalue weighted by Gasteiger charge is 2.20. The molecule has 3 rings (SSSR count). The molecule has 0 aliphatic heterocycles. The molecule has 1 heterocycles. The van der Waals surface area contributed by atoms with Gasteiger partial charge in [0, 0.05) is 0 Å². The summed E-state index contributed by atoms with van der Waals surface area (Å²) in [6.07, 6.45) is 0. The summed E-state index contributed by atoms with van der Waals surface area (Å²) >= 11 is 7.11. The molecule has 144 valence electrons. The Kier molecular flexibility index (Phi) is 6.62. The lowest BCUT2D eigenvalue weighted by molar-refractivity contribution is -0.134. The van der Waals surface area contributed by atoms with Crippen molar-refractivity contribution in [2.75, 3.05) is 12.0 Å². The van der Waals surface area contributed by atoms with Crippen LogP contribution in [-0.4, -0.2) is 37.8 Å². The summed E-state index contributed by atoms with van der Waals surface area (Å²) in [5.41, 5.74) is 5.23. The largest absolute Gasteiger partial charge is 0.461 e. The number of rotatable bonds is 5. The van der Waals surface area contributed by atoms with Crippen molar-refractivity contribution in [3.05, 3.63) is 59.1 Å². The van der Waals surface area contributed by atoms with E-state index in [0.29, 0.717) is 15.9 Å². The minimum absolute atomic E-state index is 0.0462. The molecule has 1 aromatic heterocycles. The number of anilines is 1. The standard InChI is InChI=1S/C18H17ClN6O2S/c1-3-27-17(26)16(21-20-15-7-5-4-6-14(15)19)28-18-22-23-24-25(18)13-10-8-12(2)9-11-13/h4-11,20H,3H2,1-2H3/b21-16+. The SMILES string of the molecule is CCOC(=O)/C(=N\Nc1ccccc1Cl)Sc1nnnn1-c1ccc(C)cc1. The second kappa shape index (κ2) is 9.34. The second-order valence-corrected chi connectivity index (χ2v) is 6.90. The number of esters is 1. The number of carbonyl (C=O) groups excluding carboxylic acids is 1. The van der Waals surface area contributed by atoms with Crippen molar-refractivity contribution < 1.29 is 9.53 Å². The van der Waals surface area contributed by atoms with Crippen LogP contribution in [0.4, 0.5) is 5.69 Å². The Morgan fingerprint density at radius 1 is 1.25 bits per heavy atom. The Morgan fingerprint density at radius 2 is 2.00 bits per heavy atom. The van der Waals surface area contributed by atoms with Crippen LogP contribution >= 0.6 is 23.4 Å². The van der Waals surface area contributed by atoms with Crippen LogP contribution in [0.5, 0.6) is 0 Å². The molecular formula is C18H17ClN6O2S. The molecule has 0 unspecified atom stereocenters. The highest BCUT2D eigenvalue weighted by atomic mass is 35.5. The van der Waals surface area contributed by atoms with Gasteiger partial charge in [-0.3, -0.25) is 5.43 Å². The number of aromatic nitrogens is 4.